The molecule has 4 heteroatoms. The lowest BCUT2D eigenvalue weighted by Crippen LogP contribution is -2.23. The molecule has 0 aliphatic carbocycles. The molecule has 0 amide bonds. The standard InChI is InChI=1S/C19H11N3O/c20-11-13-6-8-21-19-16(10-13)17(15-7-9-23-12-15)18(22-19)14-4-2-1-3-5-14/h1-5,7-10,12H,(H,21,22). The van der Waals surface area contributed by atoms with Crippen LogP contribution in [0.25, 0.3) is 28.5 Å². The van der Waals surface area contributed by atoms with E-state index in [2.05, 4.69) is 21.8 Å². The normalized spacial score (nSPS) is 12.4. The molecule has 108 valence electrons. The van der Waals surface area contributed by atoms with Gasteiger partial charge in [-0.3, -0.25) is 0 Å². The number of aromatic nitrogens is 1. The Balaban J connectivity index is 2.11. The quantitative estimate of drug-likeness (QED) is 0.739. The number of nitrogens with one attached hydrogen (secondary N) is 1. The fourth-order valence-electron chi connectivity index (χ4n) is 2.69. The predicted molar refractivity (Wildman–Crippen MR) is 86.4 cm³/mol. The molecule has 1 aliphatic heterocycles. The van der Waals surface area contributed by atoms with Gasteiger partial charge in [0.25, 0.3) is 0 Å². The largest absolute Gasteiger partial charge is 0.472 e. The van der Waals surface area contributed by atoms with Crippen LogP contribution in [-0.4, -0.2) is 4.98 Å². The summed E-state index contributed by atoms with van der Waals surface area (Å²) in [7, 11) is 0. The van der Waals surface area contributed by atoms with Crippen molar-refractivity contribution < 1.29 is 4.42 Å². The molecule has 0 spiro atoms. The first-order valence-electron chi connectivity index (χ1n) is 7.11. The first kappa shape index (κ1) is 13.1. The van der Waals surface area contributed by atoms with Crippen molar-refractivity contribution in [3.63, 3.8) is 0 Å². The lowest BCUT2D eigenvalue weighted by Gasteiger charge is -2.02. The predicted octanol–water partition coefficient (Wildman–Crippen LogP) is 2.92. The van der Waals surface area contributed by atoms with Gasteiger partial charge in [0.15, 0.2) is 0 Å². The van der Waals surface area contributed by atoms with Gasteiger partial charge in [0.05, 0.1) is 30.0 Å². The number of benzene rings is 1. The SMILES string of the molecule is N#CC1=C=CN=c2[nH]c(-c3ccccc3)c(-c3ccoc3)c2=C1. The van der Waals surface area contributed by atoms with Crippen LogP contribution in [0.1, 0.15) is 0 Å². The maximum absolute atomic E-state index is 9.22. The van der Waals surface area contributed by atoms with E-state index in [4.69, 9.17) is 4.42 Å². The van der Waals surface area contributed by atoms with Crippen molar-refractivity contribution in [3.05, 3.63) is 77.1 Å². The van der Waals surface area contributed by atoms with Crippen LogP contribution in [-0.2, 0) is 0 Å². The zero-order valence-electron chi connectivity index (χ0n) is 12.1. The molecule has 0 bridgehead atoms. The van der Waals surface area contributed by atoms with Crippen molar-refractivity contribution in [1.29, 1.82) is 5.26 Å². The molecule has 0 saturated carbocycles. The Kier molecular flexibility index (Phi) is 3.05. The Labute approximate surface area is 132 Å². The minimum Gasteiger partial charge on any atom is -0.472 e. The van der Waals surface area contributed by atoms with E-state index in [0.717, 1.165) is 27.6 Å². The summed E-state index contributed by atoms with van der Waals surface area (Å²) in [5.41, 5.74) is 7.91. The molecule has 0 atom stereocenters. The molecule has 23 heavy (non-hydrogen) atoms. The summed E-state index contributed by atoms with van der Waals surface area (Å²) in [6.07, 6.45) is 6.65. The van der Waals surface area contributed by atoms with Gasteiger partial charge in [-0.05, 0) is 17.7 Å². The first-order valence-corrected chi connectivity index (χ1v) is 7.11. The minimum absolute atomic E-state index is 0.441. The summed E-state index contributed by atoms with van der Waals surface area (Å²) in [6, 6.07) is 14.0. The average molecular weight is 297 g/mol. The highest BCUT2D eigenvalue weighted by molar-refractivity contribution is 5.82. The van der Waals surface area contributed by atoms with Crippen molar-refractivity contribution in [1.82, 2.24) is 4.98 Å². The summed E-state index contributed by atoms with van der Waals surface area (Å²) >= 11 is 0. The molecule has 3 aromatic rings. The molecule has 0 saturated heterocycles. The highest BCUT2D eigenvalue weighted by Gasteiger charge is 2.15. The third-order valence-electron chi connectivity index (χ3n) is 3.71. The first-order chi connectivity index (χ1) is 11.4. The van der Waals surface area contributed by atoms with E-state index in [9.17, 15) is 5.26 Å². The number of nitrogens with zero attached hydrogens (tertiary/aromatic N) is 2. The third-order valence-corrected chi connectivity index (χ3v) is 3.71. The van der Waals surface area contributed by atoms with Crippen LogP contribution in [0, 0.1) is 11.3 Å². The zero-order valence-corrected chi connectivity index (χ0v) is 12.1. The Hall–Kier alpha value is -3.54. The van der Waals surface area contributed by atoms with E-state index >= 15 is 0 Å². The molecule has 2 aromatic heterocycles. The Morgan fingerprint density at radius 1 is 1.13 bits per heavy atom. The lowest BCUT2D eigenvalue weighted by molar-refractivity contribution is 0.568. The minimum atomic E-state index is 0.441. The zero-order chi connectivity index (χ0) is 15.6. The summed E-state index contributed by atoms with van der Waals surface area (Å²) in [5, 5.41) is 10.1. The molecular weight excluding hydrogens is 286 g/mol. The van der Waals surface area contributed by atoms with Gasteiger partial charge in [-0.1, -0.05) is 36.1 Å². The lowest BCUT2D eigenvalue weighted by atomic mass is 10.0. The molecule has 1 aromatic carbocycles. The van der Waals surface area contributed by atoms with Crippen LogP contribution in [0.15, 0.2) is 75.8 Å². The number of furan rings is 1. The summed E-state index contributed by atoms with van der Waals surface area (Å²) in [4.78, 5) is 7.73. The van der Waals surface area contributed by atoms with Crippen molar-refractivity contribution >= 4 is 6.08 Å². The Morgan fingerprint density at radius 3 is 2.74 bits per heavy atom. The number of H-pyrrole nitrogens is 1. The second kappa shape index (κ2) is 5.34. The fraction of sp³-hybridized carbons (Fsp3) is 0. The molecule has 1 aliphatic rings. The number of rotatable bonds is 2. The van der Waals surface area contributed by atoms with Crippen LogP contribution < -0.4 is 10.7 Å². The molecule has 4 nitrogen and oxygen atoms in total. The topological polar surface area (TPSA) is 65.1 Å². The number of hydrogen-bond donors (Lipinski definition) is 1. The molecule has 0 radical (unpaired) electrons. The highest BCUT2D eigenvalue weighted by atomic mass is 16.3. The van der Waals surface area contributed by atoms with Crippen molar-refractivity contribution in [2.24, 2.45) is 4.99 Å². The average Bonchev–Trinajstić information content (AvgIpc) is 3.18. The van der Waals surface area contributed by atoms with Crippen molar-refractivity contribution in [2.75, 3.05) is 0 Å². The van der Waals surface area contributed by atoms with Crippen molar-refractivity contribution in [2.45, 2.75) is 0 Å². The van der Waals surface area contributed by atoms with Gasteiger partial charge in [-0.2, -0.15) is 5.26 Å². The van der Waals surface area contributed by atoms with Gasteiger partial charge < -0.3 is 9.40 Å². The number of aromatic amines is 1. The number of hydrogen-bond acceptors (Lipinski definition) is 3. The van der Waals surface area contributed by atoms with Gasteiger partial charge in [-0.25, -0.2) is 4.99 Å². The van der Waals surface area contributed by atoms with Crippen LogP contribution in [0.3, 0.4) is 0 Å². The van der Waals surface area contributed by atoms with Gasteiger partial charge in [-0.15, -0.1) is 0 Å². The summed E-state index contributed by atoms with van der Waals surface area (Å²) < 4.78 is 5.25. The number of nitriles is 1. The third kappa shape index (κ3) is 2.22. The van der Waals surface area contributed by atoms with Gasteiger partial charge >= 0.3 is 0 Å². The second-order valence-corrected chi connectivity index (χ2v) is 5.09. The molecule has 3 heterocycles. The van der Waals surface area contributed by atoms with Gasteiger partial charge in [0, 0.05) is 16.3 Å². The van der Waals surface area contributed by atoms with E-state index in [-0.39, 0.29) is 0 Å². The fourth-order valence-corrected chi connectivity index (χ4v) is 2.69. The van der Waals surface area contributed by atoms with E-state index in [1.54, 1.807) is 18.6 Å². The van der Waals surface area contributed by atoms with E-state index in [1.807, 2.05) is 36.4 Å². The Bertz CT molecular complexity index is 1090. The van der Waals surface area contributed by atoms with E-state index < -0.39 is 0 Å². The number of fused-ring (bicyclic) bond motifs is 1. The smallest absolute Gasteiger partial charge is 0.139 e. The maximum Gasteiger partial charge on any atom is 0.139 e. The van der Waals surface area contributed by atoms with E-state index in [0.29, 0.717) is 11.1 Å². The summed E-state index contributed by atoms with van der Waals surface area (Å²) in [5.74, 6) is 0. The Morgan fingerprint density at radius 2 is 2.00 bits per heavy atom. The molecular formula is C19H11N3O. The molecule has 0 fully saturated rings. The van der Waals surface area contributed by atoms with Crippen molar-refractivity contribution in [3.8, 4) is 28.5 Å². The van der Waals surface area contributed by atoms with Gasteiger partial charge in [0.1, 0.15) is 11.6 Å². The highest BCUT2D eigenvalue weighted by Crippen LogP contribution is 2.27. The van der Waals surface area contributed by atoms with E-state index in [1.165, 1.54) is 6.20 Å². The second-order valence-electron chi connectivity index (χ2n) is 5.09. The molecule has 4 rings (SSSR count). The van der Waals surface area contributed by atoms with Crippen LogP contribution in [0.4, 0.5) is 0 Å². The number of allylic oxidation sites excluding steroid dienone is 1. The monoisotopic (exact) mass is 297 g/mol. The molecule has 1 N–H and O–H groups in total. The van der Waals surface area contributed by atoms with Crippen LogP contribution >= 0.6 is 0 Å². The maximum atomic E-state index is 9.22. The molecule has 0 unspecified atom stereocenters. The van der Waals surface area contributed by atoms with Gasteiger partial charge in [0.2, 0.25) is 0 Å². The van der Waals surface area contributed by atoms with Crippen LogP contribution in [0.2, 0.25) is 0 Å². The summed E-state index contributed by atoms with van der Waals surface area (Å²) in [6.45, 7) is 0. The van der Waals surface area contributed by atoms with Crippen LogP contribution in [0.5, 0.6) is 0 Å².